The van der Waals surface area contributed by atoms with Gasteiger partial charge in [0.1, 0.15) is 5.58 Å². The van der Waals surface area contributed by atoms with Crippen molar-refractivity contribution in [1.29, 1.82) is 0 Å². The average molecular weight is 491 g/mol. The Morgan fingerprint density at radius 3 is 2.41 bits per heavy atom. The molecular formula is C25H22N4O3S2. The quantitative estimate of drug-likeness (QED) is 0.408. The molecule has 0 aliphatic carbocycles. The molecule has 1 fully saturated rings. The van der Waals surface area contributed by atoms with Crippen LogP contribution in [-0.2, 0) is 0 Å². The maximum absolute atomic E-state index is 12.9. The van der Waals surface area contributed by atoms with Crippen LogP contribution in [0.2, 0.25) is 0 Å². The number of piperazine rings is 1. The third-order valence-corrected chi connectivity index (χ3v) is 6.74. The molecule has 4 aromatic rings. The number of amides is 2. The number of hydrogen-bond acceptors (Lipinski definition) is 6. The van der Waals surface area contributed by atoms with Gasteiger partial charge in [-0.25, -0.2) is 0 Å². The standard InChI is InChI=1S/C25H22N4O3S2/c30-23(22-6-3-15-34-22)27-25(33)26-18-7-9-19(10-8-18)28-11-13-29(14-12-28)24(31)21-16-17-4-1-2-5-20(17)32-21/h1-10,15-16H,11-14H2,(H2,26,27,30,33). The predicted molar refractivity (Wildman–Crippen MR) is 139 cm³/mol. The van der Waals surface area contributed by atoms with E-state index in [0.717, 1.165) is 35.4 Å². The van der Waals surface area contributed by atoms with E-state index in [4.69, 9.17) is 16.6 Å². The second-order valence-corrected chi connectivity index (χ2v) is 9.22. The molecule has 9 heteroatoms. The number of carbonyl (C=O) groups is 2. The summed E-state index contributed by atoms with van der Waals surface area (Å²) in [5, 5.41) is 8.75. The first kappa shape index (κ1) is 22.1. The first-order valence-corrected chi connectivity index (χ1v) is 12.1. The van der Waals surface area contributed by atoms with E-state index in [1.54, 1.807) is 6.07 Å². The van der Waals surface area contributed by atoms with Gasteiger partial charge in [-0.1, -0.05) is 24.3 Å². The number of thiophene rings is 1. The van der Waals surface area contributed by atoms with Gasteiger partial charge in [-0.2, -0.15) is 0 Å². The van der Waals surface area contributed by atoms with E-state index in [9.17, 15) is 9.59 Å². The van der Waals surface area contributed by atoms with Crippen LogP contribution in [0.3, 0.4) is 0 Å². The second-order valence-electron chi connectivity index (χ2n) is 7.86. The first-order chi connectivity index (χ1) is 16.6. The van der Waals surface area contributed by atoms with E-state index in [1.807, 2.05) is 70.9 Å². The molecule has 1 saturated heterocycles. The van der Waals surface area contributed by atoms with Gasteiger partial charge in [0.25, 0.3) is 11.8 Å². The van der Waals surface area contributed by atoms with Gasteiger partial charge in [0, 0.05) is 42.9 Å². The lowest BCUT2D eigenvalue weighted by Crippen LogP contribution is -2.48. The van der Waals surface area contributed by atoms with Gasteiger partial charge < -0.3 is 19.5 Å². The van der Waals surface area contributed by atoms with Gasteiger partial charge in [-0.15, -0.1) is 11.3 Å². The molecule has 1 aliphatic heterocycles. The van der Waals surface area contributed by atoms with Crippen LogP contribution in [-0.4, -0.2) is 48.0 Å². The molecule has 0 saturated carbocycles. The SMILES string of the molecule is O=C(NC(=S)Nc1ccc(N2CCN(C(=O)c3cc4ccccc4o3)CC2)cc1)c1cccs1. The molecule has 7 nitrogen and oxygen atoms in total. The van der Waals surface area contributed by atoms with E-state index in [-0.39, 0.29) is 16.9 Å². The molecule has 2 N–H and O–H groups in total. The normalized spacial score (nSPS) is 13.6. The summed E-state index contributed by atoms with van der Waals surface area (Å²) in [5.41, 5.74) is 2.58. The number of nitrogens with one attached hydrogen (secondary N) is 2. The number of hydrogen-bond donors (Lipinski definition) is 2. The van der Waals surface area contributed by atoms with Crippen molar-refractivity contribution in [3.8, 4) is 0 Å². The first-order valence-electron chi connectivity index (χ1n) is 10.9. The Morgan fingerprint density at radius 2 is 1.71 bits per heavy atom. The smallest absolute Gasteiger partial charge is 0.289 e. The zero-order valence-electron chi connectivity index (χ0n) is 18.2. The van der Waals surface area contributed by atoms with Crippen LogP contribution >= 0.6 is 23.6 Å². The van der Waals surface area contributed by atoms with Crippen LogP contribution < -0.4 is 15.5 Å². The van der Waals surface area contributed by atoms with Gasteiger partial charge in [0.05, 0.1) is 4.88 Å². The van der Waals surface area contributed by atoms with E-state index >= 15 is 0 Å². The minimum atomic E-state index is -0.223. The number of benzene rings is 2. The van der Waals surface area contributed by atoms with Crippen LogP contribution in [0.1, 0.15) is 20.2 Å². The molecule has 0 radical (unpaired) electrons. The fourth-order valence-electron chi connectivity index (χ4n) is 3.90. The molecule has 1 aliphatic rings. The number of furan rings is 1. The van der Waals surface area contributed by atoms with Crippen molar-refractivity contribution in [3.05, 3.63) is 82.7 Å². The van der Waals surface area contributed by atoms with Crippen LogP contribution in [0.25, 0.3) is 11.0 Å². The van der Waals surface area contributed by atoms with Crippen molar-refractivity contribution < 1.29 is 14.0 Å². The predicted octanol–water partition coefficient (Wildman–Crippen LogP) is 4.58. The van der Waals surface area contributed by atoms with Gasteiger partial charge in [0.2, 0.25) is 0 Å². The number of nitrogens with zero attached hydrogens (tertiary/aromatic N) is 2. The Bertz CT molecular complexity index is 1290. The highest BCUT2D eigenvalue weighted by molar-refractivity contribution is 7.80. The molecule has 0 bridgehead atoms. The number of thiocarbonyl (C=S) groups is 1. The molecule has 0 spiro atoms. The molecule has 2 aromatic carbocycles. The molecule has 2 amide bonds. The Kier molecular flexibility index (Phi) is 6.29. The maximum Gasteiger partial charge on any atom is 0.289 e. The zero-order valence-corrected chi connectivity index (χ0v) is 19.8. The Labute approximate surface area is 206 Å². The van der Waals surface area contributed by atoms with Crippen LogP contribution in [0.4, 0.5) is 11.4 Å². The lowest BCUT2D eigenvalue weighted by molar-refractivity contribution is 0.0717. The monoisotopic (exact) mass is 490 g/mol. The minimum Gasteiger partial charge on any atom is -0.451 e. The number of anilines is 2. The summed E-state index contributed by atoms with van der Waals surface area (Å²) < 4.78 is 5.74. The summed E-state index contributed by atoms with van der Waals surface area (Å²) in [5.74, 6) is 0.0832. The third kappa shape index (κ3) is 4.80. The van der Waals surface area contributed by atoms with E-state index in [1.165, 1.54) is 11.3 Å². The summed E-state index contributed by atoms with van der Waals surface area (Å²) in [6.45, 7) is 2.70. The minimum absolute atomic E-state index is 0.0755. The number of fused-ring (bicyclic) bond motifs is 1. The molecular weight excluding hydrogens is 468 g/mol. The molecule has 3 heterocycles. The summed E-state index contributed by atoms with van der Waals surface area (Å²) in [6, 6.07) is 20.9. The van der Waals surface area contributed by atoms with Crippen LogP contribution in [0, 0.1) is 0 Å². The highest BCUT2D eigenvalue weighted by Crippen LogP contribution is 2.23. The number of rotatable bonds is 4. The van der Waals surface area contributed by atoms with Gasteiger partial charge in [-0.3, -0.25) is 14.9 Å². The number of para-hydroxylation sites is 1. The Hall–Kier alpha value is -3.69. The second kappa shape index (κ2) is 9.66. The largest absolute Gasteiger partial charge is 0.451 e. The summed E-state index contributed by atoms with van der Waals surface area (Å²) in [4.78, 5) is 29.7. The topological polar surface area (TPSA) is 77.8 Å². The van der Waals surface area contributed by atoms with Gasteiger partial charge in [-0.05, 0) is 60.1 Å². The third-order valence-electron chi connectivity index (χ3n) is 5.67. The summed E-state index contributed by atoms with van der Waals surface area (Å²) >= 11 is 6.61. The zero-order chi connectivity index (χ0) is 23.5. The van der Waals surface area contributed by atoms with Crippen molar-refractivity contribution in [2.24, 2.45) is 0 Å². The van der Waals surface area contributed by atoms with Crippen molar-refractivity contribution in [2.75, 3.05) is 36.4 Å². The van der Waals surface area contributed by atoms with Crippen LogP contribution in [0.15, 0.2) is 76.5 Å². The Morgan fingerprint density at radius 1 is 0.941 bits per heavy atom. The van der Waals surface area contributed by atoms with Crippen LogP contribution in [0.5, 0.6) is 0 Å². The summed E-state index contributed by atoms with van der Waals surface area (Å²) in [7, 11) is 0. The maximum atomic E-state index is 12.9. The fraction of sp³-hybridized carbons (Fsp3) is 0.160. The fourth-order valence-corrected chi connectivity index (χ4v) is 4.73. The molecule has 172 valence electrons. The molecule has 0 atom stereocenters. The van der Waals surface area contributed by atoms with Crippen molar-refractivity contribution in [3.63, 3.8) is 0 Å². The lowest BCUT2D eigenvalue weighted by Gasteiger charge is -2.35. The molecule has 5 rings (SSSR count). The lowest BCUT2D eigenvalue weighted by atomic mass is 10.2. The van der Waals surface area contributed by atoms with E-state index in [0.29, 0.717) is 23.7 Å². The van der Waals surface area contributed by atoms with Crippen molar-refractivity contribution in [2.45, 2.75) is 0 Å². The van der Waals surface area contributed by atoms with Crippen molar-refractivity contribution >= 4 is 62.8 Å². The molecule has 0 unspecified atom stereocenters. The number of carbonyl (C=O) groups excluding carboxylic acids is 2. The van der Waals surface area contributed by atoms with Crippen molar-refractivity contribution in [1.82, 2.24) is 10.2 Å². The van der Waals surface area contributed by atoms with E-state index < -0.39 is 0 Å². The summed E-state index contributed by atoms with van der Waals surface area (Å²) in [6.07, 6.45) is 0. The highest BCUT2D eigenvalue weighted by Gasteiger charge is 2.24. The molecule has 2 aromatic heterocycles. The highest BCUT2D eigenvalue weighted by atomic mass is 32.1. The van der Waals surface area contributed by atoms with E-state index in [2.05, 4.69) is 15.5 Å². The average Bonchev–Trinajstić information content (AvgIpc) is 3.54. The Balaban J connectivity index is 1.14. The molecule has 34 heavy (non-hydrogen) atoms. The van der Waals surface area contributed by atoms with Gasteiger partial charge in [0.15, 0.2) is 10.9 Å². The van der Waals surface area contributed by atoms with Gasteiger partial charge >= 0.3 is 0 Å².